The molecule has 3 nitrogen and oxygen atoms in total. The Bertz CT molecular complexity index is 670. The van der Waals surface area contributed by atoms with Crippen molar-refractivity contribution in [2.45, 2.75) is 39.7 Å². The Kier molecular flexibility index (Phi) is 5.54. The van der Waals surface area contributed by atoms with Crippen LogP contribution in [0.25, 0.3) is 11.1 Å². The minimum atomic E-state index is 0.0617. The van der Waals surface area contributed by atoms with Crippen LogP contribution in [0.3, 0.4) is 0 Å². The lowest BCUT2D eigenvalue weighted by molar-refractivity contribution is -0.606. The molecule has 1 aromatic carbocycles. The number of hydrogen-bond acceptors (Lipinski definition) is 2. The summed E-state index contributed by atoms with van der Waals surface area (Å²) in [5, 5.41) is 12.9. The summed E-state index contributed by atoms with van der Waals surface area (Å²) in [6.07, 6.45) is 4.77. The molecule has 0 amide bonds. The van der Waals surface area contributed by atoms with E-state index in [1.54, 1.807) is 12.1 Å². The zero-order valence-electron chi connectivity index (χ0n) is 12.9. The molecule has 0 saturated carbocycles. The van der Waals surface area contributed by atoms with Gasteiger partial charge in [0.1, 0.15) is 0 Å². The molecule has 22 heavy (non-hydrogen) atoms. The van der Waals surface area contributed by atoms with Crippen molar-refractivity contribution in [3.8, 4) is 16.9 Å². The second kappa shape index (κ2) is 7.21. The molecule has 0 N–H and O–H groups in total. The fourth-order valence-corrected chi connectivity index (χ4v) is 2.93. The molecule has 0 radical (unpaired) electrons. The zero-order valence-corrected chi connectivity index (χ0v) is 14.4. The number of rotatable bonds is 5. The number of ether oxygens (including phenoxy) is 1. The van der Waals surface area contributed by atoms with Crippen LogP contribution in [-0.2, 0) is 0 Å². The molecule has 118 valence electrons. The maximum Gasteiger partial charge on any atom is 0.223 e. The Labute approximate surface area is 141 Å². The number of aromatic nitrogens is 1. The normalized spacial score (nSPS) is 11.0. The summed E-state index contributed by atoms with van der Waals surface area (Å²) in [7, 11) is 0. The third-order valence-corrected chi connectivity index (χ3v) is 4.16. The van der Waals surface area contributed by atoms with E-state index in [1.807, 2.05) is 13.0 Å². The monoisotopic (exact) mass is 339 g/mol. The first-order valence-electron chi connectivity index (χ1n) is 7.31. The van der Waals surface area contributed by atoms with Gasteiger partial charge < -0.3 is 9.94 Å². The zero-order chi connectivity index (χ0) is 16.3. The van der Waals surface area contributed by atoms with E-state index in [-0.39, 0.29) is 6.10 Å². The molecule has 0 aliphatic rings. The number of nitrogens with zero attached hydrogens (tertiary/aromatic N) is 1. The van der Waals surface area contributed by atoms with Gasteiger partial charge in [0.2, 0.25) is 6.20 Å². The lowest BCUT2D eigenvalue weighted by Crippen LogP contribution is -2.27. The maximum atomic E-state index is 11.8. The number of halogens is 2. The number of aryl methyl sites for hydroxylation is 1. The summed E-state index contributed by atoms with van der Waals surface area (Å²) in [5.41, 5.74) is 2.45. The molecular weight excluding hydrogens is 321 g/mol. The number of hydrogen-bond donors (Lipinski definition) is 0. The van der Waals surface area contributed by atoms with Crippen molar-refractivity contribution in [3.63, 3.8) is 0 Å². The van der Waals surface area contributed by atoms with Gasteiger partial charge in [0.15, 0.2) is 11.9 Å². The van der Waals surface area contributed by atoms with E-state index in [2.05, 4.69) is 13.8 Å². The summed E-state index contributed by atoms with van der Waals surface area (Å²) >= 11 is 12.3. The second-order valence-corrected chi connectivity index (χ2v) is 6.06. The summed E-state index contributed by atoms with van der Waals surface area (Å²) < 4.78 is 6.80. The summed E-state index contributed by atoms with van der Waals surface area (Å²) in [5.74, 6) is 0.549. The van der Waals surface area contributed by atoms with Gasteiger partial charge in [-0.25, -0.2) is 0 Å². The SMILES string of the molecule is CCC(CC)Oc1c[n+]([O-])cc(C)c1-c1ccc(Cl)cc1Cl. The molecular formula is C17H19Cl2NO2. The third-order valence-electron chi connectivity index (χ3n) is 3.61. The van der Waals surface area contributed by atoms with Crippen molar-refractivity contribution in [1.29, 1.82) is 0 Å². The Morgan fingerprint density at radius 1 is 1.18 bits per heavy atom. The van der Waals surface area contributed by atoms with Crippen LogP contribution in [-0.4, -0.2) is 6.10 Å². The molecule has 0 spiro atoms. The Morgan fingerprint density at radius 3 is 2.45 bits per heavy atom. The van der Waals surface area contributed by atoms with Crippen LogP contribution >= 0.6 is 23.2 Å². The summed E-state index contributed by atoms with van der Waals surface area (Å²) in [4.78, 5) is 0. The smallest absolute Gasteiger partial charge is 0.223 e. The van der Waals surface area contributed by atoms with Crippen LogP contribution in [0.4, 0.5) is 0 Å². The van der Waals surface area contributed by atoms with Crippen molar-refractivity contribution < 1.29 is 9.47 Å². The minimum Gasteiger partial charge on any atom is -0.619 e. The topological polar surface area (TPSA) is 36.2 Å². The summed E-state index contributed by atoms with van der Waals surface area (Å²) in [6.45, 7) is 5.99. The highest BCUT2D eigenvalue weighted by Gasteiger charge is 2.19. The first kappa shape index (κ1) is 16.9. The van der Waals surface area contributed by atoms with E-state index in [0.29, 0.717) is 15.8 Å². The van der Waals surface area contributed by atoms with Gasteiger partial charge in [-0.1, -0.05) is 43.1 Å². The Balaban J connectivity index is 2.58. The molecule has 1 heterocycles. The molecule has 0 aliphatic heterocycles. The molecule has 2 aromatic rings. The van der Waals surface area contributed by atoms with E-state index < -0.39 is 0 Å². The Morgan fingerprint density at radius 2 is 1.86 bits per heavy atom. The predicted octanol–water partition coefficient (Wildman–Crippen LogP) is 5.17. The fraction of sp³-hybridized carbons (Fsp3) is 0.353. The molecule has 0 unspecified atom stereocenters. The average Bonchev–Trinajstić information content (AvgIpc) is 2.45. The molecule has 2 rings (SSSR count). The van der Waals surface area contributed by atoms with Gasteiger partial charge in [-0.05, 0) is 31.9 Å². The highest BCUT2D eigenvalue weighted by molar-refractivity contribution is 6.36. The largest absolute Gasteiger partial charge is 0.619 e. The first-order chi connectivity index (χ1) is 10.5. The molecule has 5 heteroatoms. The standard InChI is InChI=1S/C17H19Cl2NO2/c1-4-13(5-2)22-16-10-20(21)9-11(3)17(16)14-7-6-12(18)8-15(14)19/h6-10,13H,4-5H2,1-3H3. The molecule has 0 fully saturated rings. The van der Waals surface area contributed by atoms with E-state index >= 15 is 0 Å². The van der Waals surface area contributed by atoms with Crippen LogP contribution in [0.1, 0.15) is 32.3 Å². The van der Waals surface area contributed by atoms with Crippen LogP contribution < -0.4 is 9.47 Å². The minimum absolute atomic E-state index is 0.0617. The molecule has 0 aliphatic carbocycles. The van der Waals surface area contributed by atoms with Crippen LogP contribution in [0.5, 0.6) is 5.75 Å². The molecule has 1 aromatic heterocycles. The van der Waals surface area contributed by atoms with Gasteiger partial charge in [-0.3, -0.25) is 0 Å². The number of pyridine rings is 1. The average molecular weight is 340 g/mol. The van der Waals surface area contributed by atoms with E-state index in [1.165, 1.54) is 12.4 Å². The van der Waals surface area contributed by atoms with Gasteiger partial charge in [-0.15, -0.1) is 0 Å². The summed E-state index contributed by atoms with van der Waals surface area (Å²) in [6, 6.07) is 5.32. The second-order valence-electron chi connectivity index (χ2n) is 5.22. The lowest BCUT2D eigenvalue weighted by atomic mass is 10.0. The fourth-order valence-electron chi connectivity index (χ4n) is 2.43. The van der Waals surface area contributed by atoms with Gasteiger partial charge in [0.25, 0.3) is 0 Å². The first-order valence-corrected chi connectivity index (χ1v) is 8.07. The highest BCUT2D eigenvalue weighted by Crippen LogP contribution is 2.38. The molecule has 0 saturated heterocycles. The molecule has 0 atom stereocenters. The highest BCUT2D eigenvalue weighted by atomic mass is 35.5. The Hall–Kier alpha value is -1.45. The van der Waals surface area contributed by atoms with Gasteiger partial charge in [-0.2, -0.15) is 4.73 Å². The van der Waals surface area contributed by atoms with Crippen molar-refractivity contribution in [2.75, 3.05) is 0 Å². The van der Waals surface area contributed by atoms with E-state index in [4.69, 9.17) is 27.9 Å². The van der Waals surface area contributed by atoms with E-state index in [9.17, 15) is 5.21 Å². The lowest BCUT2D eigenvalue weighted by Gasteiger charge is -2.19. The van der Waals surface area contributed by atoms with E-state index in [0.717, 1.165) is 34.3 Å². The van der Waals surface area contributed by atoms with Gasteiger partial charge >= 0.3 is 0 Å². The van der Waals surface area contributed by atoms with Gasteiger partial charge in [0, 0.05) is 21.7 Å². The van der Waals surface area contributed by atoms with Crippen molar-refractivity contribution in [2.24, 2.45) is 0 Å². The van der Waals surface area contributed by atoms with Crippen molar-refractivity contribution >= 4 is 23.2 Å². The van der Waals surface area contributed by atoms with Crippen LogP contribution in [0.15, 0.2) is 30.6 Å². The van der Waals surface area contributed by atoms with Crippen molar-refractivity contribution in [1.82, 2.24) is 0 Å². The maximum absolute atomic E-state index is 11.8. The predicted molar refractivity (Wildman–Crippen MR) is 90.6 cm³/mol. The van der Waals surface area contributed by atoms with Gasteiger partial charge in [0.05, 0.1) is 11.1 Å². The van der Waals surface area contributed by atoms with Crippen LogP contribution in [0, 0.1) is 12.1 Å². The molecule has 0 bridgehead atoms. The van der Waals surface area contributed by atoms with Crippen LogP contribution in [0.2, 0.25) is 10.0 Å². The quantitative estimate of drug-likeness (QED) is 0.556. The number of benzene rings is 1. The third kappa shape index (κ3) is 3.65. The van der Waals surface area contributed by atoms with Crippen molar-refractivity contribution in [3.05, 3.63) is 51.4 Å².